The minimum Gasteiger partial charge on any atom is -0.310 e. The molecule has 10 aromatic rings. The number of hydrogen-bond donors (Lipinski definition) is 0. The first-order valence-corrected chi connectivity index (χ1v) is 29.0. The predicted octanol–water partition coefficient (Wildman–Crippen LogP) is 18.0. The SMILES string of the molecule is CC(C)c1cccc(C(C)C)c1-n1c(-c2ccccc2)nc2ccc(-c3cc4c5c(c3)-n3c6ccc(C(C)(C)C)cc6c6cc(C(C)(C)C)cc(c63)B5c3cc(C(C)(C)C)cc5c3N4c3ccc(C(C)(C)C)cc3S5)cc21. The van der Waals surface area contributed by atoms with Crippen molar-refractivity contribution in [3.05, 3.63) is 173 Å². The largest absolute Gasteiger partial charge is 0.310 e. The molecule has 8 aromatic carbocycles. The van der Waals surface area contributed by atoms with E-state index in [2.05, 4.69) is 264 Å². The fourth-order valence-corrected chi connectivity index (χ4v) is 14.0. The third-order valence-corrected chi connectivity index (χ3v) is 18.3. The van der Waals surface area contributed by atoms with E-state index in [1.54, 1.807) is 0 Å². The van der Waals surface area contributed by atoms with Crippen molar-refractivity contribution in [1.82, 2.24) is 14.1 Å². The summed E-state index contributed by atoms with van der Waals surface area (Å²) in [5.41, 5.74) is 26.6. The van der Waals surface area contributed by atoms with E-state index in [1.807, 2.05) is 11.8 Å². The highest BCUT2D eigenvalue weighted by Crippen LogP contribution is 2.55. The van der Waals surface area contributed by atoms with Gasteiger partial charge in [-0.25, -0.2) is 4.98 Å². The van der Waals surface area contributed by atoms with E-state index in [0.29, 0.717) is 11.8 Å². The van der Waals surface area contributed by atoms with E-state index in [4.69, 9.17) is 4.98 Å². The molecule has 77 heavy (non-hydrogen) atoms. The summed E-state index contributed by atoms with van der Waals surface area (Å²) in [6.07, 6.45) is 0. The molecule has 0 atom stereocenters. The minimum absolute atomic E-state index is 0.000301. The Kier molecular flexibility index (Phi) is 10.9. The number of imidazole rings is 1. The van der Waals surface area contributed by atoms with Gasteiger partial charge in [0.1, 0.15) is 5.82 Å². The van der Waals surface area contributed by atoms with Crippen molar-refractivity contribution in [1.29, 1.82) is 0 Å². The molecule has 0 unspecified atom stereocenters. The van der Waals surface area contributed by atoms with Crippen molar-refractivity contribution in [2.75, 3.05) is 4.90 Å². The molecule has 4 nitrogen and oxygen atoms in total. The number of para-hydroxylation sites is 1. The Hall–Kier alpha value is -6.76. The number of benzene rings is 8. The van der Waals surface area contributed by atoms with Gasteiger partial charge in [0.2, 0.25) is 0 Å². The summed E-state index contributed by atoms with van der Waals surface area (Å²) in [7, 11) is 0. The van der Waals surface area contributed by atoms with Gasteiger partial charge in [-0.15, -0.1) is 0 Å². The molecule has 5 heterocycles. The molecule has 2 aromatic heterocycles. The lowest BCUT2D eigenvalue weighted by Gasteiger charge is -2.45. The number of hydrogen-bond acceptors (Lipinski definition) is 3. The normalized spacial score (nSPS) is 14.1. The van der Waals surface area contributed by atoms with E-state index in [9.17, 15) is 0 Å². The summed E-state index contributed by atoms with van der Waals surface area (Å²) in [6.45, 7) is 37.6. The molecule has 0 amide bonds. The fourth-order valence-electron chi connectivity index (χ4n) is 12.9. The van der Waals surface area contributed by atoms with Gasteiger partial charge in [0.15, 0.2) is 0 Å². The van der Waals surface area contributed by atoms with Gasteiger partial charge in [-0.1, -0.05) is 201 Å². The van der Waals surface area contributed by atoms with Crippen LogP contribution in [0.5, 0.6) is 0 Å². The van der Waals surface area contributed by atoms with Crippen molar-refractivity contribution in [3.8, 4) is 33.9 Å². The quantitative estimate of drug-likeness (QED) is 0.161. The highest BCUT2D eigenvalue weighted by atomic mass is 32.2. The van der Waals surface area contributed by atoms with Gasteiger partial charge in [0.25, 0.3) is 6.71 Å². The molecule has 0 spiro atoms. The van der Waals surface area contributed by atoms with Gasteiger partial charge in [-0.2, -0.15) is 0 Å². The van der Waals surface area contributed by atoms with Crippen molar-refractivity contribution < 1.29 is 0 Å². The highest BCUT2D eigenvalue weighted by Gasteiger charge is 2.46. The van der Waals surface area contributed by atoms with Crippen molar-refractivity contribution >= 4 is 84.8 Å². The van der Waals surface area contributed by atoms with Gasteiger partial charge in [0, 0.05) is 43.0 Å². The molecule has 0 saturated heterocycles. The Balaban J connectivity index is 1.18. The first-order chi connectivity index (χ1) is 36.4. The van der Waals surface area contributed by atoms with Crippen LogP contribution in [0.1, 0.15) is 156 Å². The number of nitrogens with zero attached hydrogens (tertiary/aromatic N) is 4. The minimum atomic E-state index is -0.0716. The molecule has 0 aliphatic carbocycles. The monoisotopic (exact) mass is 1020 g/mol. The van der Waals surface area contributed by atoms with Gasteiger partial charge in [-0.3, -0.25) is 4.57 Å². The summed E-state index contributed by atoms with van der Waals surface area (Å²) in [5, 5.41) is 2.66. The molecule has 0 fully saturated rings. The second kappa shape index (κ2) is 16.9. The third kappa shape index (κ3) is 7.66. The number of rotatable bonds is 5. The summed E-state index contributed by atoms with van der Waals surface area (Å²) in [5.74, 6) is 1.58. The topological polar surface area (TPSA) is 26.0 Å². The van der Waals surface area contributed by atoms with Crippen molar-refractivity contribution in [2.45, 2.75) is 154 Å². The predicted molar refractivity (Wildman–Crippen MR) is 333 cm³/mol. The van der Waals surface area contributed by atoms with Crippen LogP contribution in [-0.2, 0) is 21.7 Å². The lowest BCUT2D eigenvalue weighted by atomic mass is 9.33. The molecular weight excluding hydrogens is 952 g/mol. The number of anilines is 3. The van der Waals surface area contributed by atoms with Crippen LogP contribution in [0.15, 0.2) is 149 Å². The van der Waals surface area contributed by atoms with Gasteiger partial charge >= 0.3 is 0 Å². The second-order valence-electron chi connectivity index (χ2n) is 27.4. The lowest BCUT2D eigenvalue weighted by molar-refractivity contribution is 0.588. The molecule has 0 bridgehead atoms. The Morgan fingerprint density at radius 3 is 1.70 bits per heavy atom. The summed E-state index contributed by atoms with van der Waals surface area (Å²) < 4.78 is 5.17. The van der Waals surface area contributed by atoms with Crippen LogP contribution in [0, 0.1) is 0 Å². The van der Waals surface area contributed by atoms with Crippen LogP contribution < -0.4 is 21.3 Å². The highest BCUT2D eigenvalue weighted by molar-refractivity contribution is 7.99. The van der Waals surface area contributed by atoms with Gasteiger partial charge < -0.3 is 9.47 Å². The molecule has 0 radical (unpaired) electrons. The van der Waals surface area contributed by atoms with Crippen molar-refractivity contribution in [3.63, 3.8) is 0 Å². The van der Waals surface area contributed by atoms with Crippen molar-refractivity contribution in [2.24, 2.45) is 0 Å². The maximum Gasteiger partial charge on any atom is 0.252 e. The van der Waals surface area contributed by atoms with Gasteiger partial charge in [0.05, 0.1) is 33.6 Å². The zero-order chi connectivity index (χ0) is 54.2. The first kappa shape index (κ1) is 49.8. The molecule has 0 saturated carbocycles. The van der Waals surface area contributed by atoms with E-state index >= 15 is 0 Å². The molecule has 386 valence electrons. The molecule has 13 rings (SSSR count). The van der Waals surface area contributed by atoms with E-state index < -0.39 is 0 Å². The first-order valence-electron chi connectivity index (χ1n) is 28.2. The lowest BCUT2D eigenvalue weighted by Crippen LogP contribution is -2.61. The maximum atomic E-state index is 5.53. The zero-order valence-corrected chi connectivity index (χ0v) is 49.0. The zero-order valence-electron chi connectivity index (χ0n) is 48.2. The Morgan fingerprint density at radius 2 is 1.04 bits per heavy atom. The summed E-state index contributed by atoms with van der Waals surface area (Å²) in [6, 6.07) is 54.7. The van der Waals surface area contributed by atoms with Crippen LogP contribution in [0.2, 0.25) is 0 Å². The Bertz CT molecular complexity index is 4090. The number of fused-ring (bicyclic) bond motifs is 10. The van der Waals surface area contributed by atoms with Gasteiger partial charge in [-0.05, 0) is 155 Å². The smallest absolute Gasteiger partial charge is 0.252 e. The Morgan fingerprint density at radius 1 is 0.442 bits per heavy atom. The average Bonchev–Trinajstić information content (AvgIpc) is 3.38. The fraction of sp³-hybridized carbons (Fsp3) is 0.310. The van der Waals surface area contributed by atoms with Crippen LogP contribution in [0.25, 0.3) is 66.7 Å². The molecule has 3 aliphatic rings. The van der Waals surface area contributed by atoms with Crippen LogP contribution in [0.3, 0.4) is 0 Å². The molecular formula is C71H73BN4S. The molecule has 0 N–H and O–H groups in total. The van der Waals surface area contributed by atoms with Crippen LogP contribution in [-0.4, -0.2) is 20.8 Å². The summed E-state index contributed by atoms with van der Waals surface area (Å²) in [4.78, 5) is 10.8. The van der Waals surface area contributed by atoms with E-state index in [0.717, 1.165) is 22.4 Å². The average molecular weight is 1030 g/mol. The van der Waals surface area contributed by atoms with Crippen LogP contribution in [0.4, 0.5) is 17.1 Å². The number of aromatic nitrogens is 3. The van der Waals surface area contributed by atoms with E-state index in [1.165, 1.54) is 121 Å². The van der Waals surface area contributed by atoms with Crippen LogP contribution >= 0.6 is 11.8 Å². The molecule has 6 heteroatoms. The second-order valence-corrected chi connectivity index (χ2v) is 28.4. The maximum absolute atomic E-state index is 5.53. The standard InChI is InChI=1S/C71H73BN4S/c1-40(2)49-23-20-24-50(41(3)4)64(49)76-58-31-43(25-28-55(58)73-67(76)42-21-18-17-19-22-42)44-32-59-63-60(33-44)75-57-30-27-46(69(8,9)10)38-61(57)77-62-39-48(71(14,15)16)37-54(66(62)75)72(63)53-36-47(70(11,12)13)35-52-51-34-45(68(5,6)7)26-29-56(51)74(59)65(52)53/h17-41H,1-16H3. The van der Waals surface area contributed by atoms with E-state index in [-0.39, 0.29) is 28.4 Å². The summed E-state index contributed by atoms with van der Waals surface area (Å²) >= 11 is 1.96. The Labute approximate surface area is 462 Å². The molecule has 3 aliphatic heterocycles. The third-order valence-electron chi connectivity index (χ3n) is 17.2.